The van der Waals surface area contributed by atoms with Gasteiger partial charge in [-0.05, 0) is 27.6 Å². The van der Waals surface area contributed by atoms with E-state index in [0.29, 0.717) is 0 Å². The second-order valence-corrected chi connectivity index (χ2v) is 5.04. The molecule has 0 fully saturated rings. The highest BCUT2D eigenvalue weighted by atomic mass is 16.3. The van der Waals surface area contributed by atoms with E-state index in [1.165, 1.54) is 37.7 Å². The van der Waals surface area contributed by atoms with Crippen molar-refractivity contribution in [3.8, 4) is 0 Å². The maximum atomic E-state index is 5.73. The second kappa shape index (κ2) is 3.07. The fraction of sp³-hybridized carbons (Fsp3) is 0. The molecule has 4 aromatic carbocycles. The summed E-state index contributed by atoms with van der Waals surface area (Å²) in [5.41, 5.74) is 0.997. The smallest absolute Gasteiger partial charge is 0.142 e. The number of hydrogen-bond donors (Lipinski definition) is 0. The van der Waals surface area contributed by atoms with Crippen molar-refractivity contribution in [1.82, 2.24) is 0 Å². The molecule has 0 aliphatic carbocycles. The Labute approximate surface area is 109 Å². The van der Waals surface area contributed by atoms with Crippen molar-refractivity contribution >= 4 is 43.3 Å². The number of rotatable bonds is 0. The Bertz CT molecular complexity index is 969. The van der Waals surface area contributed by atoms with E-state index in [2.05, 4.69) is 54.6 Å². The summed E-state index contributed by atoms with van der Waals surface area (Å²) < 4.78 is 5.73. The van der Waals surface area contributed by atoms with Gasteiger partial charge in [0.25, 0.3) is 0 Å². The molecule has 0 N–H and O–H groups in total. The zero-order chi connectivity index (χ0) is 12.4. The van der Waals surface area contributed by atoms with Gasteiger partial charge in [-0.1, -0.05) is 48.5 Å². The third-order valence-corrected chi connectivity index (χ3v) is 4.09. The molecule has 1 heteroatoms. The molecular weight excluding hydrogens is 232 g/mol. The zero-order valence-corrected chi connectivity index (χ0v) is 10.2. The monoisotopic (exact) mass is 242 g/mol. The highest BCUT2D eigenvalue weighted by molar-refractivity contribution is 6.32. The number of hydrogen-bond acceptors (Lipinski definition) is 1. The topological polar surface area (TPSA) is 13.1 Å². The Balaban J connectivity index is 2.36. The maximum absolute atomic E-state index is 5.73. The Kier molecular flexibility index (Phi) is 1.52. The molecule has 88 valence electrons. The van der Waals surface area contributed by atoms with Crippen molar-refractivity contribution in [2.24, 2.45) is 0 Å². The van der Waals surface area contributed by atoms with E-state index < -0.39 is 0 Å². The quantitative estimate of drug-likeness (QED) is 0.334. The molecular formula is C18H10O. The Hall–Kier alpha value is -2.54. The van der Waals surface area contributed by atoms with Crippen LogP contribution in [0.4, 0.5) is 0 Å². The molecule has 0 amide bonds. The van der Waals surface area contributed by atoms with E-state index >= 15 is 0 Å². The molecule has 1 heterocycles. The van der Waals surface area contributed by atoms with Crippen molar-refractivity contribution in [2.75, 3.05) is 0 Å². The van der Waals surface area contributed by atoms with E-state index in [9.17, 15) is 0 Å². The van der Waals surface area contributed by atoms with Gasteiger partial charge < -0.3 is 4.42 Å². The first kappa shape index (κ1) is 9.40. The molecule has 1 nitrogen and oxygen atoms in total. The van der Waals surface area contributed by atoms with Gasteiger partial charge in [-0.25, -0.2) is 0 Å². The first-order chi connectivity index (χ1) is 9.43. The molecule has 0 spiro atoms. The lowest BCUT2D eigenvalue weighted by molar-refractivity contribution is 0.619. The van der Waals surface area contributed by atoms with Crippen LogP contribution in [-0.2, 0) is 0 Å². The van der Waals surface area contributed by atoms with Crippen LogP contribution in [-0.4, -0.2) is 0 Å². The minimum Gasteiger partial charge on any atom is -0.464 e. The summed E-state index contributed by atoms with van der Waals surface area (Å²) in [5.74, 6) is 0. The van der Waals surface area contributed by atoms with Gasteiger partial charge in [0, 0.05) is 16.2 Å². The van der Waals surface area contributed by atoms with E-state index in [1.54, 1.807) is 6.26 Å². The SMILES string of the molecule is c1cc2ccc3cccc4c5occc5c(c1)c2c34. The summed E-state index contributed by atoms with van der Waals surface area (Å²) >= 11 is 0. The van der Waals surface area contributed by atoms with E-state index in [1.807, 2.05) is 0 Å². The summed E-state index contributed by atoms with van der Waals surface area (Å²) in [6.45, 7) is 0. The van der Waals surface area contributed by atoms with Crippen LogP contribution in [0.3, 0.4) is 0 Å². The van der Waals surface area contributed by atoms with E-state index in [0.717, 1.165) is 5.58 Å². The Morgan fingerprint density at radius 2 is 1.26 bits per heavy atom. The summed E-state index contributed by atoms with van der Waals surface area (Å²) in [6.07, 6.45) is 1.79. The van der Waals surface area contributed by atoms with Gasteiger partial charge in [-0.15, -0.1) is 0 Å². The molecule has 0 radical (unpaired) electrons. The molecule has 19 heavy (non-hydrogen) atoms. The molecule has 0 saturated heterocycles. The van der Waals surface area contributed by atoms with Gasteiger partial charge in [-0.3, -0.25) is 0 Å². The first-order valence-corrected chi connectivity index (χ1v) is 6.46. The second-order valence-electron chi connectivity index (χ2n) is 5.04. The third kappa shape index (κ3) is 1.02. The molecule has 0 saturated carbocycles. The molecule has 1 aromatic heterocycles. The normalized spacial score (nSPS) is 12.2. The fourth-order valence-corrected chi connectivity index (χ4v) is 3.30. The first-order valence-electron chi connectivity index (χ1n) is 6.46. The predicted molar refractivity (Wildman–Crippen MR) is 79.9 cm³/mol. The van der Waals surface area contributed by atoms with Crippen LogP contribution in [0.15, 0.2) is 65.3 Å². The summed E-state index contributed by atoms with van der Waals surface area (Å²) in [4.78, 5) is 0. The predicted octanol–water partition coefficient (Wildman–Crippen LogP) is 5.33. The highest BCUT2D eigenvalue weighted by Gasteiger charge is 2.13. The minimum atomic E-state index is 0.997. The number of benzene rings is 4. The average Bonchev–Trinajstić information content (AvgIpc) is 2.95. The van der Waals surface area contributed by atoms with Crippen LogP contribution >= 0.6 is 0 Å². The van der Waals surface area contributed by atoms with Gasteiger partial charge in [0.2, 0.25) is 0 Å². The van der Waals surface area contributed by atoms with Crippen LogP contribution in [0.2, 0.25) is 0 Å². The van der Waals surface area contributed by atoms with E-state index in [4.69, 9.17) is 4.42 Å². The third-order valence-electron chi connectivity index (χ3n) is 4.09. The van der Waals surface area contributed by atoms with Crippen LogP contribution in [0.5, 0.6) is 0 Å². The van der Waals surface area contributed by atoms with Crippen LogP contribution in [0.1, 0.15) is 0 Å². The zero-order valence-electron chi connectivity index (χ0n) is 10.2. The van der Waals surface area contributed by atoms with E-state index in [-0.39, 0.29) is 0 Å². The van der Waals surface area contributed by atoms with Crippen molar-refractivity contribution < 1.29 is 4.42 Å². The van der Waals surface area contributed by atoms with Gasteiger partial charge in [-0.2, -0.15) is 0 Å². The molecule has 5 aromatic rings. The standard InChI is InChI=1S/C18H10O/c1-3-11-7-8-12-4-2-6-15-17(12)16(11)13(5-1)14-9-10-19-18(14)15/h1-10H. The summed E-state index contributed by atoms with van der Waals surface area (Å²) in [6, 6.07) is 19.4. The average molecular weight is 242 g/mol. The van der Waals surface area contributed by atoms with Gasteiger partial charge >= 0.3 is 0 Å². The van der Waals surface area contributed by atoms with Gasteiger partial charge in [0.05, 0.1) is 6.26 Å². The van der Waals surface area contributed by atoms with Crippen molar-refractivity contribution in [3.05, 3.63) is 60.9 Å². The van der Waals surface area contributed by atoms with Crippen molar-refractivity contribution in [1.29, 1.82) is 0 Å². The van der Waals surface area contributed by atoms with Gasteiger partial charge in [0.15, 0.2) is 0 Å². The minimum absolute atomic E-state index is 0.997. The van der Waals surface area contributed by atoms with Crippen LogP contribution < -0.4 is 0 Å². The maximum Gasteiger partial charge on any atom is 0.142 e. The fourth-order valence-electron chi connectivity index (χ4n) is 3.30. The molecule has 0 aliphatic rings. The number of furan rings is 1. The Morgan fingerprint density at radius 3 is 2.05 bits per heavy atom. The summed E-state index contributed by atoms with van der Waals surface area (Å²) in [7, 11) is 0. The summed E-state index contributed by atoms with van der Waals surface area (Å²) in [5, 5.41) is 8.94. The molecule has 0 bridgehead atoms. The lowest BCUT2D eigenvalue weighted by Crippen LogP contribution is -1.84. The van der Waals surface area contributed by atoms with Gasteiger partial charge in [0.1, 0.15) is 5.58 Å². The molecule has 0 unspecified atom stereocenters. The largest absolute Gasteiger partial charge is 0.464 e. The lowest BCUT2D eigenvalue weighted by Gasteiger charge is -2.11. The van der Waals surface area contributed by atoms with Crippen LogP contribution in [0.25, 0.3) is 43.3 Å². The Morgan fingerprint density at radius 1 is 0.579 bits per heavy atom. The molecule has 0 aliphatic heterocycles. The van der Waals surface area contributed by atoms with Crippen molar-refractivity contribution in [3.63, 3.8) is 0 Å². The molecule has 0 atom stereocenters. The lowest BCUT2D eigenvalue weighted by atomic mass is 9.92. The van der Waals surface area contributed by atoms with Crippen molar-refractivity contribution in [2.45, 2.75) is 0 Å². The highest BCUT2D eigenvalue weighted by Crippen LogP contribution is 2.40. The van der Waals surface area contributed by atoms with Crippen LogP contribution in [0, 0.1) is 0 Å². The number of fused-ring (bicyclic) bond motifs is 3. The molecule has 5 rings (SSSR count).